The molecule has 0 aliphatic rings. The van der Waals surface area contributed by atoms with Gasteiger partial charge in [0, 0.05) is 17.1 Å². The van der Waals surface area contributed by atoms with Gasteiger partial charge in [0.2, 0.25) is 0 Å². The normalized spacial score (nSPS) is 15.1. The highest BCUT2D eigenvalue weighted by atomic mass is 35.7. The van der Waals surface area contributed by atoms with Crippen molar-refractivity contribution in [3.63, 3.8) is 0 Å². The quantitative estimate of drug-likeness (QED) is 0.450. The predicted octanol–water partition coefficient (Wildman–Crippen LogP) is 3.29. The van der Waals surface area contributed by atoms with Crippen molar-refractivity contribution in [2.75, 3.05) is 0 Å². The summed E-state index contributed by atoms with van der Waals surface area (Å²) in [5.41, 5.74) is 0. The van der Waals surface area contributed by atoms with Crippen LogP contribution in [0.25, 0.3) is 0 Å². The summed E-state index contributed by atoms with van der Waals surface area (Å²) in [5, 5.41) is 0. The van der Waals surface area contributed by atoms with E-state index in [-0.39, 0.29) is 11.3 Å². The molecule has 3 nitrogen and oxygen atoms in total. The van der Waals surface area contributed by atoms with Crippen molar-refractivity contribution in [2.24, 2.45) is 0 Å². The van der Waals surface area contributed by atoms with E-state index in [1.165, 1.54) is 13.8 Å². The van der Waals surface area contributed by atoms with Gasteiger partial charge in [-0.3, -0.25) is 0 Å². The van der Waals surface area contributed by atoms with Crippen molar-refractivity contribution < 1.29 is 26.3 Å². The zero-order chi connectivity index (χ0) is 13.0. The average Bonchev–Trinajstić information content (AvgIpc) is 2.08. The number of hydrogen-bond acceptors (Lipinski definition) is 3. The molecule has 0 aromatic rings. The van der Waals surface area contributed by atoms with E-state index < -0.39 is 21.2 Å². The summed E-state index contributed by atoms with van der Waals surface area (Å²) < 4.78 is 60.5. The Labute approximate surface area is 96.0 Å². The third kappa shape index (κ3) is 6.73. The molecule has 0 atom stereocenters. The van der Waals surface area contributed by atoms with E-state index >= 15 is 0 Å². The highest BCUT2D eigenvalue weighted by molar-refractivity contribution is 8.16. The van der Waals surface area contributed by atoms with Crippen LogP contribution in [-0.2, 0) is 13.8 Å². The first-order chi connectivity index (χ1) is 7.06. The molecular formula is C8H10ClF3O3S. The molecular weight excluding hydrogens is 269 g/mol. The monoisotopic (exact) mass is 278 g/mol. The predicted molar refractivity (Wildman–Crippen MR) is 54.0 cm³/mol. The van der Waals surface area contributed by atoms with Gasteiger partial charge in [-0.1, -0.05) is 6.92 Å². The van der Waals surface area contributed by atoms with E-state index in [0.717, 1.165) is 12.2 Å². The van der Waals surface area contributed by atoms with Crippen molar-refractivity contribution in [1.29, 1.82) is 0 Å². The van der Waals surface area contributed by atoms with Crippen LogP contribution < -0.4 is 0 Å². The Bertz CT molecular complexity index is 395. The van der Waals surface area contributed by atoms with Crippen LogP contribution in [0, 0.1) is 0 Å². The van der Waals surface area contributed by atoms with Gasteiger partial charge in [-0.25, -0.2) is 8.42 Å². The summed E-state index contributed by atoms with van der Waals surface area (Å²) in [4.78, 5) is -0.258. The Morgan fingerprint density at radius 3 is 2.19 bits per heavy atom. The summed E-state index contributed by atoms with van der Waals surface area (Å²) in [6.07, 6.45) is -2.94. The Morgan fingerprint density at radius 2 is 1.88 bits per heavy atom. The lowest BCUT2D eigenvalue weighted by Crippen LogP contribution is -2.12. The van der Waals surface area contributed by atoms with E-state index in [1.54, 1.807) is 0 Å². The zero-order valence-electron chi connectivity index (χ0n) is 8.51. The molecule has 0 heterocycles. The molecule has 0 aliphatic carbocycles. The number of ether oxygens (including phenoxy) is 1. The van der Waals surface area contributed by atoms with Gasteiger partial charge in [0.25, 0.3) is 9.05 Å². The topological polar surface area (TPSA) is 43.4 Å². The van der Waals surface area contributed by atoms with Gasteiger partial charge in [0.1, 0.15) is 5.76 Å². The van der Waals surface area contributed by atoms with Crippen molar-refractivity contribution >= 4 is 19.7 Å². The van der Waals surface area contributed by atoms with Crippen LogP contribution in [0.3, 0.4) is 0 Å². The second-order valence-corrected chi connectivity index (χ2v) is 5.49. The largest absolute Gasteiger partial charge is 0.572 e. The lowest BCUT2D eigenvalue weighted by molar-refractivity contribution is -0.306. The molecule has 0 aromatic heterocycles. The van der Waals surface area contributed by atoms with Crippen LogP contribution in [0.15, 0.2) is 22.8 Å². The maximum Gasteiger partial charge on any atom is 0.572 e. The van der Waals surface area contributed by atoms with Gasteiger partial charge < -0.3 is 4.74 Å². The molecule has 0 aromatic carbocycles. The van der Waals surface area contributed by atoms with Crippen molar-refractivity contribution in [3.8, 4) is 0 Å². The Hall–Kier alpha value is -0.690. The first-order valence-electron chi connectivity index (χ1n) is 4.14. The number of hydrogen-bond donors (Lipinski definition) is 0. The van der Waals surface area contributed by atoms with E-state index in [1.807, 2.05) is 0 Å². The summed E-state index contributed by atoms with van der Waals surface area (Å²) in [5.74, 6) is -0.396. The third-order valence-electron chi connectivity index (χ3n) is 1.48. The molecule has 0 saturated carbocycles. The molecule has 0 radical (unpaired) electrons. The minimum Gasteiger partial charge on any atom is -0.410 e. The Balaban J connectivity index is 4.88. The summed E-state index contributed by atoms with van der Waals surface area (Å²) >= 11 is 0. The molecule has 0 aliphatic heterocycles. The van der Waals surface area contributed by atoms with Gasteiger partial charge >= 0.3 is 6.36 Å². The minimum absolute atomic E-state index is 0.0222. The fraction of sp³-hybridized carbons (Fsp3) is 0.500. The molecule has 0 N–H and O–H groups in total. The summed E-state index contributed by atoms with van der Waals surface area (Å²) in [6.45, 7) is 2.61. The molecule has 0 amide bonds. The van der Waals surface area contributed by atoms with Crippen molar-refractivity contribution in [3.05, 3.63) is 22.8 Å². The van der Waals surface area contributed by atoms with Crippen LogP contribution >= 0.6 is 10.7 Å². The Morgan fingerprint density at radius 1 is 1.38 bits per heavy atom. The molecule has 0 saturated heterocycles. The van der Waals surface area contributed by atoms with Crippen LogP contribution in [-0.4, -0.2) is 14.8 Å². The number of halogens is 4. The minimum atomic E-state index is -4.79. The standard InChI is InChI=1S/C8H10ClF3O3S/c1-3-7(15-8(10,11)12)5-4-6(2)16(9,13)14/h4-5H,3H2,1-2H3/b6-4+,7-5+. The smallest absolute Gasteiger partial charge is 0.410 e. The van der Waals surface area contributed by atoms with E-state index in [4.69, 9.17) is 10.7 Å². The van der Waals surface area contributed by atoms with Gasteiger partial charge in [0.15, 0.2) is 0 Å². The van der Waals surface area contributed by atoms with Gasteiger partial charge in [-0.15, -0.1) is 13.2 Å². The van der Waals surface area contributed by atoms with Crippen molar-refractivity contribution in [1.82, 2.24) is 0 Å². The lowest BCUT2D eigenvalue weighted by Gasteiger charge is -2.10. The molecule has 8 heteroatoms. The van der Waals surface area contributed by atoms with Crippen LogP contribution in [0.1, 0.15) is 20.3 Å². The number of allylic oxidation sites excluding steroid dienone is 4. The molecule has 0 unspecified atom stereocenters. The van der Waals surface area contributed by atoms with Crippen molar-refractivity contribution in [2.45, 2.75) is 26.6 Å². The average molecular weight is 279 g/mol. The highest BCUT2D eigenvalue weighted by Gasteiger charge is 2.31. The molecule has 0 fully saturated rings. The van der Waals surface area contributed by atoms with Gasteiger partial charge in [-0.05, 0) is 19.1 Å². The summed E-state index contributed by atoms with van der Waals surface area (Å²) in [7, 11) is 1.06. The SMILES string of the molecule is CC/C(=C\C=C(/C)S(=O)(=O)Cl)OC(F)(F)F. The molecule has 0 bridgehead atoms. The fourth-order valence-corrected chi connectivity index (χ4v) is 1.05. The maximum absolute atomic E-state index is 11.8. The summed E-state index contributed by atoms with van der Waals surface area (Å²) in [6, 6.07) is 0. The van der Waals surface area contributed by atoms with Gasteiger partial charge in [-0.2, -0.15) is 0 Å². The van der Waals surface area contributed by atoms with E-state index in [0.29, 0.717) is 0 Å². The van der Waals surface area contributed by atoms with Crippen LogP contribution in [0.4, 0.5) is 13.2 Å². The molecule has 0 rings (SSSR count). The number of rotatable bonds is 4. The Kier molecular flexibility index (Phi) is 5.34. The first-order valence-corrected chi connectivity index (χ1v) is 6.45. The van der Waals surface area contributed by atoms with E-state index in [2.05, 4.69) is 4.74 Å². The fourth-order valence-electron chi connectivity index (χ4n) is 0.664. The highest BCUT2D eigenvalue weighted by Crippen LogP contribution is 2.22. The van der Waals surface area contributed by atoms with Crippen LogP contribution in [0.2, 0.25) is 0 Å². The zero-order valence-corrected chi connectivity index (χ0v) is 10.1. The van der Waals surface area contributed by atoms with Crippen LogP contribution in [0.5, 0.6) is 0 Å². The number of alkyl halides is 3. The molecule has 16 heavy (non-hydrogen) atoms. The van der Waals surface area contributed by atoms with E-state index in [9.17, 15) is 21.6 Å². The first kappa shape index (κ1) is 15.3. The lowest BCUT2D eigenvalue weighted by atomic mass is 10.3. The second kappa shape index (κ2) is 5.58. The van der Waals surface area contributed by atoms with Gasteiger partial charge in [0.05, 0.1) is 4.91 Å². The molecule has 94 valence electrons. The molecule has 0 spiro atoms. The second-order valence-electron chi connectivity index (χ2n) is 2.75. The maximum atomic E-state index is 11.8. The third-order valence-corrected chi connectivity index (χ3v) is 3.12.